The number of amides is 1. The first-order valence-corrected chi connectivity index (χ1v) is 6.26. The SMILES string of the molecule is NCCC(Oc1ccc2c(c1)CCC(=O)N2)C(F)(F)F. The van der Waals surface area contributed by atoms with Gasteiger partial charge in [0.25, 0.3) is 0 Å². The van der Waals surface area contributed by atoms with Crippen LogP contribution in [-0.4, -0.2) is 24.7 Å². The van der Waals surface area contributed by atoms with Crippen LogP contribution in [0.5, 0.6) is 5.75 Å². The Hall–Kier alpha value is -1.76. The largest absolute Gasteiger partial charge is 0.481 e. The topological polar surface area (TPSA) is 64.3 Å². The molecule has 1 amide bonds. The summed E-state index contributed by atoms with van der Waals surface area (Å²) < 4.78 is 43.2. The third kappa shape index (κ3) is 3.41. The number of hydrogen-bond acceptors (Lipinski definition) is 3. The van der Waals surface area contributed by atoms with Gasteiger partial charge in [0.15, 0.2) is 6.10 Å². The standard InChI is InChI=1S/C13H15F3N2O2/c14-13(15,16)11(5-6-17)20-9-2-3-10-8(7-9)1-4-12(19)18-10/h2-3,7,11H,1,4-6,17H2,(H,18,19). The number of carbonyl (C=O) groups excluding carboxylic acids is 1. The molecule has 20 heavy (non-hydrogen) atoms. The van der Waals surface area contributed by atoms with Gasteiger partial charge < -0.3 is 15.8 Å². The van der Waals surface area contributed by atoms with Crippen molar-refractivity contribution in [1.82, 2.24) is 0 Å². The second-order valence-corrected chi connectivity index (χ2v) is 4.59. The summed E-state index contributed by atoms with van der Waals surface area (Å²) in [5.41, 5.74) is 6.57. The molecule has 2 rings (SSSR count). The molecule has 0 saturated carbocycles. The Kier molecular flexibility index (Phi) is 4.17. The number of rotatable bonds is 4. The highest BCUT2D eigenvalue weighted by atomic mass is 19.4. The lowest BCUT2D eigenvalue weighted by Gasteiger charge is -2.23. The number of benzene rings is 1. The molecule has 1 aromatic carbocycles. The van der Waals surface area contributed by atoms with Crippen LogP contribution in [0, 0.1) is 0 Å². The minimum Gasteiger partial charge on any atom is -0.481 e. The van der Waals surface area contributed by atoms with Crippen molar-refractivity contribution < 1.29 is 22.7 Å². The Morgan fingerprint density at radius 1 is 1.35 bits per heavy atom. The monoisotopic (exact) mass is 288 g/mol. The van der Waals surface area contributed by atoms with Crippen LogP contribution in [0.1, 0.15) is 18.4 Å². The Bertz CT molecular complexity index is 503. The van der Waals surface area contributed by atoms with Gasteiger partial charge >= 0.3 is 6.18 Å². The van der Waals surface area contributed by atoms with Gasteiger partial charge in [-0.15, -0.1) is 0 Å². The fourth-order valence-electron chi connectivity index (χ4n) is 2.04. The maximum absolute atomic E-state index is 12.7. The Balaban J connectivity index is 2.15. The molecule has 0 aliphatic carbocycles. The molecule has 0 radical (unpaired) electrons. The summed E-state index contributed by atoms with van der Waals surface area (Å²) in [6.45, 7) is -0.106. The molecule has 1 unspecified atom stereocenters. The third-order valence-electron chi connectivity index (χ3n) is 3.04. The quantitative estimate of drug-likeness (QED) is 0.893. The zero-order valence-electron chi connectivity index (χ0n) is 10.7. The van der Waals surface area contributed by atoms with Crippen LogP contribution in [0.2, 0.25) is 0 Å². The summed E-state index contributed by atoms with van der Waals surface area (Å²) in [5.74, 6) is 0.0399. The van der Waals surface area contributed by atoms with E-state index in [1.54, 1.807) is 6.07 Å². The average molecular weight is 288 g/mol. The predicted molar refractivity (Wildman–Crippen MR) is 67.5 cm³/mol. The van der Waals surface area contributed by atoms with Crippen molar-refractivity contribution in [3.05, 3.63) is 23.8 Å². The van der Waals surface area contributed by atoms with Crippen LogP contribution in [0.3, 0.4) is 0 Å². The van der Waals surface area contributed by atoms with E-state index in [9.17, 15) is 18.0 Å². The molecule has 1 atom stereocenters. The van der Waals surface area contributed by atoms with Gasteiger partial charge in [0.1, 0.15) is 5.75 Å². The van der Waals surface area contributed by atoms with Crippen LogP contribution in [0.15, 0.2) is 18.2 Å². The molecule has 0 fully saturated rings. The molecule has 0 bridgehead atoms. The summed E-state index contributed by atoms with van der Waals surface area (Å²) >= 11 is 0. The summed E-state index contributed by atoms with van der Waals surface area (Å²) in [6, 6.07) is 4.50. The van der Waals surface area contributed by atoms with E-state index in [0.29, 0.717) is 18.5 Å². The Morgan fingerprint density at radius 3 is 2.75 bits per heavy atom. The van der Waals surface area contributed by atoms with Crippen LogP contribution in [0.4, 0.5) is 18.9 Å². The van der Waals surface area contributed by atoms with Crippen molar-refractivity contribution in [2.24, 2.45) is 5.73 Å². The van der Waals surface area contributed by atoms with E-state index in [-0.39, 0.29) is 24.6 Å². The van der Waals surface area contributed by atoms with Gasteiger partial charge in [-0.05, 0) is 36.7 Å². The fourth-order valence-corrected chi connectivity index (χ4v) is 2.04. The number of aryl methyl sites for hydroxylation is 1. The number of hydrogen-bond donors (Lipinski definition) is 2. The van der Waals surface area contributed by atoms with Crippen molar-refractivity contribution in [2.45, 2.75) is 31.5 Å². The number of anilines is 1. The number of alkyl halides is 3. The van der Waals surface area contributed by atoms with Crippen LogP contribution in [0.25, 0.3) is 0 Å². The third-order valence-corrected chi connectivity index (χ3v) is 3.04. The number of carbonyl (C=O) groups is 1. The lowest BCUT2D eigenvalue weighted by atomic mass is 10.0. The van der Waals surface area contributed by atoms with E-state index in [1.165, 1.54) is 12.1 Å². The van der Waals surface area contributed by atoms with Crippen molar-refractivity contribution in [3.63, 3.8) is 0 Å². The van der Waals surface area contributed by atoms with Crippen molar-refractivity contribution in [2.75, 3.05) is 11.9 Å². The van der Waals surface area contributed by atoms with E-state index >= 15 is 0 Å². The molecule has 7 heteroatoms. The molecule has 1 aromatic rings. The molecule has 1 aliphatic heterocycles. The number of nitrogens with one attached hydrogen (secondary N) is 1. The molecule has 0 spiro atoms. The second-order valence-electron chi connectivity index (χ2n) is 4.59. The first-order chi connectivity index (χ1) is 9.40. The number of fused-ring (bicyclic) bond motifs is 1. The smallest absolute Gasteiger partial charge is 0.425 e. The fraction of sp³-hybridized carbons (Fsp3) is 0.462. The minimum atomic E-state index is -4.45. The molecule has 4 nitrogen and oxygen atoms in total. The maximum atomic E-state index is 12.7. The first-order valence-electron chi connectivity index (χ1n) is 6.26. The Labute approximate surface area is 114 Å². The predicted octanol–water partition coefficient (Wildman–Crippen LogP) is 2.23. The second kappa shape index (κ2) is 5.70. The lowest BCUT2D eigenvalue weighted by Crippen LogP contribution is -2.36. The molecular weight excluding hydrogens is 273 g/mol. The lowest BCUT2D eigenvalue weighted by molar-refractivity contribution is -0.196. The summed E-state index contributed by atoms with van der Waals surface area (Å²) in [4.78, 5) is 11.2. The summed E-state index contributed by atoms with van der Waals surface area (Å²) in [7, 11) is 0. The normalized spacial score (nSPS) is 16.3. The van der Waals surface area contributed by atoms with E-state index in [1.807, 2.05) is 0 Å². The molecule has 110 valence electrons. The molecule has 1 heterocycles. The van der Waals surface area contributed by atoms with Gasteiger partial charge in [0.05, 0.1) is 0 Å². The molecule has 3 N–H and O–H groups in total. The van der Waals surface area contributed by atoms with Gasteiger partial charge in [-0.3, -0.25) is 4.79 Å². The summed E-state index contributed by atoms with van der Waals surface area (Å²) in [5, 5.41) is 2.66. The van der Waals surface area contributed by atoms with Crippen LogP contribution >= 0.6 is 0 Å². The summed E-state index contributed by atoms with van der Waals surface area (Å²) in [6.07, 6.45) is -5.85. The zero-order chi connectivity index (χ0) is 14.8. The van der Waals surface area contributed by atoms with E-state index < -0.39 is 12.3 Å². The van der Waals surface area contributed by atoms with E-state index in [4.69, 9.17) is 10.5 Å². The number of halogens is 3. The van der Waals surface area contributed by atoms with E-state index in [0.717, 1.165) is 5.56 Å². The van der Waals surface area contributed by atoms with Gasteiger partial charge in [-0.25, -0.2) is 0 Å². The van der Waals surface area contributed by atoms with Crippen LogP contribution < -0.4 is 15.8 Å². The van der Waals surface area contributed by atoms with Gasteiger partial charge in [0.2, 0.25) is 5.91 Å². The van der Waals surface area contributed by atoms with Gasteiger partial charge in [-0.2, -0.15) is 13.2 Å². The Morgan fingerprint density at radius 2 is 2.10 bits per heavy atom. The highest BCUT2D eigenvalue weighted by Gasteiger charge is 2.41. The molecule has 1 aliphatic rings. The van der Waals surface area contributed by atoms with Gasteiger partial charge in [0, 0.05) is 18.5 Å². The highest BCUT2D eigenvalue weighted by molar-refractivity contribution is 5.93. The van der Waals surface area contributed by atoms with Crippen molar-refractivity contribution in [3.8, 4) is 5.75 Å². The minimum absolute atomic E-state index is 0.0949. The number of ether oxygens (including phenoxy) is 1. The highest BCUT2D eigenvalue weighted by Crippen LogP contribution is 2.31. The maximum Gasteiger partial charge on any atom is 0.425 e. The van der Waals surface area contributed by atoms with Gasteiger partial charge in [-0.1, -0.05) is 0 Å². The number of nitrogens with two attached hydrogens (primary N) is 1. The first kappa shape index (κ1) is 14.6. The van der Waals surface area contributed by atoms with Crippen molar-refractivity contribution >= 4 is 11.6 Å². The zero-order valence-corrected chi connectivity index (χ0v) is 10.7. The molecule has 0 aromatic heterocycles. The molecular formula is C13H15F3N2O2. The van der Waals surface area contributed by atoms with Crippen LogP contribution in [-0.2, 0) is 11.2 Å². The van der Waals surface area contributed by atoms with E-state index in [2.05, 4.69) is 5.32 Å². The van der Waals surface area contributed by atoms with Crippen molar-refractivity contribution in [1.29, 1.82) is 0 Å². The molecule has 0 saturated heterocycles. The average Bonchev–Trinajstić information content (AvgIpc) is 2.37.